The standard InChI is InChI=1S/C5H8N2O/c1-6-4-2-5(8)7-3-4/h2,6H,3H2,1H3,(H,7,8). The van der Waals surface area contributed by atoms with Gasteiger partial charge in [0, 0.05) is 18.8 Å². The molecule has 0 atom stereocenters. The van der Waals surface area contributed by atoms with Gasteiger partial charge >= 0.3 is 0 Å². The third kappa shape index (κ3) is 0.804. The Morgan fingerprint density at radius 3 is 2.88 bits per heavy atom. The van der Waals surface area contributed by atoms with Gasteiger partial charge in [0.15, 0.2) is 0 Å². The van der Waals surface area contributed by atoms with Gasteiger partial charge in [-0.25, -0.2) is 0 Å². The van der Waals surface area contributed by atoms with Crippen molar-refractivity contribution >= 4 is 5.91 Å². The first kappa shape index (κ1) is 5.15. The summed E-state index contributed by atoms with van der Waals surface area (Å²) < 4.78 is 0. The number of amides is 1. The van der Waals surface area contributed by atoms with Gasteiger partial charge in [0.25, 0.3) is 0 Å². The first-order valence-electron chi connectivity index (χ1n) is 2.49. The van der Waals surface area contributed by atoms with Gasteiger partial charge in [-0.3, -0.25) is 4.79 Å². The van der Waals surface area contributed by atoms with Crippen LogP contribution in [-0.2, 0) is 4.79 Å². The SMILES string of the molecule is CNC1=CC(=O)NC1. The third-order valence-electron chi connectivity index (χ3n) is 1.08. The molecule has 0 fully saturated rings. The van der Waals surface area contributed by atoms with E-state index in [0.29, 0.717) is 6.54 Å². The molecule has 0 aromatic carbocycles. The second kappa shape index (κ2) is 1.86. The number of nitrogens with one attached hydrogen (secondary N) is 2. The second-order valence-electron chi connectivity index (χ2n) is 1.64. The molecule has 1 aliphatic heterocycles. The molecule has 0 radical (unpaired) electrons. The Labute approximate surface area is 47.8 Å². The minimum absolute atomic E-state index is 0.00523. The molecule has 0 bridgehead atoms. The van der Waals surface area contributed by atoms with Crippen molar-refractivity contribution in [3.05, 3.63) is 11.8 Å². The molecule has 2 N–H and O–H groups in total. The van der Waals surface area contributed by atoms with Gasteiger partial charge in [-0.1, -0.05) is 0 Å². The molecule has 1 aliphatic rings. The summed E-state index contributed by atoms with van der Waals surface area (Å²) in [6.45, 7) is 0.648. The van der Waals surface area contributed by atoms with Crippen LogP contribution in [0.1, 0.15) is 0 Å². The summed E-state index contributed by atoms with van der Waals surface area (Å²) in [5.74, 6) is -0.00523. The lowest BCUT2D eigenvalue weighted by molar-refractivity contribution is -0.115. The second-order valence-corrected chi connectivity index (χ2v) is 1.64. The molecular weight excluding hydrogens is 104 g/mol. The summed E-state index contributed by atoms with van der Waals surface area (Å²) >= 11 is 0. The predicted molar refractivity (Wildman–Crippen MR) is 30.2 cm³/mol. The van der Waals surface area contributed by atoms with E-state index >= 15 is 0 Å². The van der Waals surface area contributed by atoms with Crippen LogP contribution in [0.4, 0.5) is 0 Å². The van der Waals surface area contributed by atoms with Crippen molar-refractivity contribution in [2.45, 2.75) is 0 Å². The molecule has 0 aromatic rings. The van der Waals surface area contributed by atoms with Crippen molar-refractivity contribution in [1.29, 1.82) is 0 Å². The molecule has 3 heteroatoms. The highest BCUT2D eigenvalue weighted by molar-refractivity contribution is 5.90. The lowest BCUT2D eigenvalue weighted by atomic mass is 10.5. The first-order chi connectivity index (χ1) is 3.83. The van der Waals surface area contributed by atoms with Crippen molar-refractivity contribution in [3.63, 3.8) is 0 Å². The van der Waals surface area contributed by atoms with Crippen LogP contribution in [-0.4, -0.2) is 19.5 Å². The van der Waals surface area contributed by atoms with Crippen molar-refractivity contribution in [3.8, 4) is 0 Å². The largest absolute Gasteiger partial charge is 0.390 e. The van der Waals surface area contributed by atoms with Gasteiger partial charge in [-0.05, 0) is 0 Å². The topological polar surface area (TPSA) is 41.1 Å². The summed E-state index contributed by atoms with van der Waals surface area (Å²) in [5, 5.41) is 5.50. The van der Waals surface area contributed by atoms with Gasteiger partial charge in [0.1, 0.15) is 0 Å². The lowest BCUT2D eigenvalue weighted by Crippen LogP contribution is -2.17. The number of hydrogen-bond donors (Lipinski definition) is 2. The monoisotopic (exact) mass is 112 g/mol. The predicted octanol–water partition coefficient (Wildman–Crippen LogP) is -0.781. The van der Waals surface area contributed by atoms with E-state index in [1.807, 2.05) is 0 Å². The van der Waals surface area contributed by atoms with Crippen molar-refractivity contribution < 1.29 is 4.79 Å². The Bertz CT molecular complexity index is 139. The van der Waals surface area contributed by atoms with Crippen LogP contribution in [0, 0.1) is 0 Å². The van der Waals surface area contributed by atoms with Gasteiger partial charge < -0.3 is 10.6 Å². The zero-order valence-corrected chi connectivity index (χ0v) is 4.69. The number of carbonyl (C=O) groups is 1. The van der Waals surface area contributed by atoms with E-state index in [2.05, 4.69) is 10.6 Å². The molecular formula is C5H8N2O. The van der Waals surface area contributed by atoms with Crippen molar-refractivity contribution in [2.24, 2.45) is 0 Å². The van der Waals surface area contributed by atoms with Gasteiger partial charge in [-0.2, -0.15) is 0 Å². The van der Waals surface area contributed by atoms with E-state index in [4.69, 9.17) is 0 Å². The summed E-state index contributed by atoms with van der Waals surface area (Å²) in [4.78, 5) is 10.4. The minimum atomic E-state index is -0.00523. The van der Waals surface area contributed by atoms with E-state index in [9.17, 15) is 4.79 Å². The van der Waals surface area contributed by atoms with Crippen LogP contribution in [0.2, 0.25) is 0 Å². The molecule has 1 amide bonds. The summed E-state index contributed by atoms with van der Waals surface area (Å²) in [5.41, 5.74) is 0.954. The maximum Gasteiger partial charge on any atom is 0.246 e. The molecule has 0 unspecified atom stereocenters. The summed E-state index contributed by atoms with van der Waals surface area (Å²) in [7, 11) is 1.80. The van der Waals surface area contributed by atoms with Gasteiger partial charge in [-0.15, -0.1) is 0 Å². The molecule has 0 saturated carbocycles. The molecule has 0 spiro atoms. The molecule has 0 aliphatic carbocycles. The van der Waals surface area contributed by atoms with Crippen molar-refractivity contribution in [2.75, 3.05) is 13.6 Å². The Morgan fingerprint density at radius 1 is 1.88 bits per heavy atom. The third-order valence-corrected chi connectivity index (χ3v) is 1.08. The maximum absolute atomic E-state index is 10.4. The van der Waals surface area contributed by atoms with Gasteiger partial charge in [0.2, 0.25) is 5.91 Å². The van der Waals surface area contributed by atoms with Crippen LogP contribution in [0.15, 0.2) is 11.8 Å². The number of rotatable bonds is 1. The van der Waals surface area contributed by atoms with Crippen molar-refractivity contribution in [1.82, 2.24) is 10.6 Å². The Kier molecular flexibility index (Phi) is 1.20. The molecule has 0 aromatic heterocycles. The number of hydrogen-bond acceptors (Lipinski definition) is 2. The molecule has 0 saturated heterocycles. The fraction of sp³-hybridized carbons (Fsp3) is 0.400. The highest BCUT2D eigenvalue weighted by Gasteiger charge is 2.06. The number of likely N-dealkylation sites (N-methyl/N-ethyl adjacent to an activating group) is 1. The van der Waals surface area contributed by atoms with Crippen LogP contribution in [0.3, 0.4) is 0 Å². The van der Waals surface area contributed by atoms with Gasteiger partial charge in [0.05, 0.1) is 6.54 Å². The molecule has 1 rings (SSSR count). The highest BCUT2D eigenvalue weighted by Crippen LogP contribution is 1.91. The molecule has 1 heterocycles. The normalized spacial score (nSPS) is 17.6. The van der Waals surface area contributed by atoms with E-state index in [-0.39, 0.29) is 5.91 Å². The maximum atomic E-state index is 10.4. The molecule has 3 nitrogen and oxygen atoms in total. The summed E-state index contributed by atoms with van der Waals surface area (Å²) in [6, 6.07) is 0. The zero-order chi connectivity index (χ0) is 5.98. The Morgan fingerprint density at radius 2 is 2.62 bits per heavy atom. The van der Waals surface area contributed by atoms with Crippen LogP contribution >= 0.6 is 0 Å². The van der Waals surface area contributed by atoms with E-state index in [1.54, 1.807) is 13.1 Å². The average Bonchev–Trinajstić information content (AvgIpc) is 2.14. The smallest absolute Gasteiger partial charge is 0.246 e. The fourth-order valence-corrected chi connectivity index (χ4v) is 0.603. The summed E-state index contributed by atoms with van der Waals surface area (Å²) in [6.07, 6.45) is 1.56. The zero-order valence-electron chi connectivity index (χ0n) is 4.69. The van der Waals surface area contributed by atoms with E-state index in [0.717, 1.165) is 5.70 Å². The number of carbonyl (C=O) groups excluding carboxylic acids is 1. The first-order valence-corrected chi connectivity index (χ1v) is 2.49. The van der Waals surface area contributed by atoms with Crippen LogP contribution < -0.4 is 10.6 Å². The quantitative estimate of drug-likeness (QED) is 0.467. The van der Waals surface area contributed by atoms with Crippen LogP contribution in [0.25, 0.3) is 0 Å². The fourth-order valence-electron chi connectivity index (χ4n) is 0.603. The van der Waals surface area contributed by atoms with E-state index < -0.39 is 0 Å². The lowest BCUT2D eigenvalue weighted by Gasteiger charge is -1.94. The minimum Gasteiger partial charge on any atom is -0.390 e. The molecule has 8 heavy (non-hydrogen) atoms. The Hall–Kier alpha value is -0.990. The Balaban J connectivity index is 2.57. The average molecular weight is 112 g/mol. The highest BCUT2D eigenvalue weighted by atomic mass is 16.1. The molecule has 44 valence electrons. The van der Waals surface area contributed by atoms with Crippen LogP contribution in [0.5, 0.6) is 0 Å². The van der Waals surface area contributed by atoms with E-state index in [1.165, 1.54) is 0 Å².